The first kappa shape index (κ1) is 17.2. The normalized spacial score (nSPS) is 10.0. The fourth-order valence-electron chi connectivity index (χ4n) is 2.45. The fourth-order valence-corrected chi connectivity index (χ4v) is 2.45. The number of amides is 1. The van der Waals surface area contributed by atoms with Crippen LogP contribution in [-0.4, -0.2) is 10.9 Å². The summed E-state index contributed by atoms with van der Waals surface area (Å²) in [6.07, 6.45) is 1.59. The molecule has 0 spiro atoms. The van der Waals surface area contributed by atoms with Crippen LogP contribution in [0.5, 0.6) is 0 Å². The molecule has 2 N–H and O–H groups in total. The van der Waals surface area contributed by atoms with E-state index < -0.39 is 0 Å². The SMILES string of the molecule is Cc1ccc(CNc2ccnc(C(=O)Nc3ccccc3C#N)c2)cc1. The Hall–Kier alpha value is -3.65. The topological polar surface area (TPSA) is 77.8 Å². The lowest BCUT2D eigenvalue weighted by Gasteiger charge is -2.09. The van der Waals surface area contributed by atoms with Crippen LogP contribution in [0, 0.1) is 18.3 Å². The van der Waals surface area contributed by atoms with Crippen molar-refractivity contribution in [2.75, 3.05) is 10.6 Å². The highest BCUT2D eigenvalue weighted by Gasteiger charge is 2.10. The van der Waals surface area contributed by atoms with E-state index in [9.17, 15) is 4.79 Å². The number of anilines is 2. The maximum atomic E-state index is 12.4. The smallest absolute Gasteiger partial charge is 0.274 e. The van der Waals surface area contributed by atoms with Crippen LogP contribution in [-0.2, 0) is 6.54 Å². The quantitative estimate of drug-likeness (QED) is 0.731. The summed E-state index contributed by atoms with van der Waals surface area (Å²) in [6, 6.07) is 20.7. The van der Waals surface area contributed by atoms with Crippen molar-refractivity contribution in [3.8, 4) is 6.07 Å². The summed E-state index contributed by atoms with van der Waals surface area (Å²) in [6.45, 7) is 2.71. The predicted octanol–water partition coefficient (Wildman–Crippen LogP) is 4.13. The number of hydrogen-bond acceptors (Lipinski definition) is 4. The Labute approximate surface area is 152 Å². The minimum Gasteiger partial charge on any atom is -0.381 e. The number of carbonyl (C=O) groups excluding carboxylic acids is 1. The first-order valence-corrected chi connectivity index (χ1v) is 8.21. The van der Waals surface area contributed by atoms with Gasteiger partial charge in [-0.05, 0) is 36.8 Å². The van der Waals surface area contributed by atoms with E-state index >= 15 is 0 Å². The van der Waals surface area contributed by atoms with E-state index in [0.717, 1.165) is 11.3 Å². The van der Waals surface area contributed by atoms with Gasteiger partial charge in [0, 0.05) is 18.4 Å². The molecule has 0 aliphatic rings. The van der Waals surface area contributed by atoms with Crippen molar-refractivity contribution in [2.24, 2.45) is 0 Å². The number of benzene rings is 2. The van der Waals surface area contributed by atoms with Crippen molar-refractivity contribution >= 4 is 17.3 Å². The number of hydrogen-bond donors (Lipinski definition) is 2. The Bertz CT molecular complexity index is 958. The molecule has 1 aromatic heterocycles. The van der Waals surface area contributed by atoms with Gasteiger partial charge in [-0.2, -0.15) is 5.26 Å². The minimum atomic E-state index is -0.355. The third kappa shape index (κ3) is 4.25. The van der Waals surface area contributed by atoms with Gasteiger partial charge < -0.3 is 10.6 Å². The van der Waals surface area contributed by atoms with Crippen LogP contribution < -0.4 is 10.6 Å². The van der Waals surface area contributed by atoms with E-state index in [2.05, 4.69) is 52.9 Å². The average Bonchev–Trinajstić information content (AvgIpc) is 2.68. The van der Waals surface area contributed by atoms with Crippen molar-refractivity contribution in [1.82, 2.24) is 4.98 Å². The zero-order valence-electron chi connectivity index (χ0n) is 14.4. The van der Waals surface area contributed by atoms with E-state index in [4.69, 9.17) is 5.26 Å². The summed E-state index contributed by atoms with van der Waals surface area (Å²) >= 11 is 0. The number of nitrogens with zero attached hydrogens (tertiary/aromatic N) is 2. The number of pyridine rings is 1. The molecule has 5 nitrogen and oxygen atoms in total. The van der Waals surface area contributed by atoms with Gasteiger partial charge >= 0.3 is 0 Å². The third-order valence-corrected chi connectivity index (χ3v) is 3.91. The molecule has 3 aromatic rings. The molecule has 0 atom stereocenters. The number of aromatic nitrogens is 1. The van der Waals surface area contributed by atoms with Crippen LogP contribution in [0.15, 0.2) is 66.9 Å². The molecule has 0 saturated carbocycles. The molecule has 2 aromatic carbocycles. The summed E-state index contributed by atoms with van der Waals surface area (Å²) in [5.74, 6) is -0.355. The summed E-state index contributed by atoms with van der Waals surface area (Å²) in [5, 5.41) is 15.1. The highest BCUT2D eigenvalue weighted by Crippen LogP contribution is 2.16. The minimum absolute atomic E-state index is 0.284. The largest absolute Gasteiger partial charge is 0.381 e. The molecular formula is C21H18N4O. The number of rotatable bonds is 5. The lowest BCUT2D eigenvalue weighted by Crippen LogP contribution is -2.15. The second kappa shape index (κ2) is 7.95. The molecule has 0 unspecified atom stereocenters. The molecule has 0 aliphatic carbocycles. The van der Waals surface area contributed by atoms with Gasteiger partial charge in [0.25, 0.3) is 5.91 Å². The lowest BCUT2D eigenvalue weighted by atomic mass is 10.1. The molecule has 1 heterocycles. The van der Waals surface area contributed by atoms with Crippen LogP contribution >= 0.6 is 0 Å². The predicted molar refractivity (Wildman–Crippen MR) is 102 cm³/mol. The summed E-state index contributed by atoms with van der Waals surface area (Å²) in [5.41, 5.74) is 4.34. The molecule has 0 saturated heterocycles. The Kier molecular flexibility index (Phi) is 5.25. The van der Waals surface area contributed by atoms with Crippen LogP contribution in [0.4, 0.5) is 11.4 Å². The highest BCUT2D eigenvalue weighted by molar-refractivity contribution is 6.04. The van der Waals surface area contributed by atoms with Crippen molar-refractivity contribution in [1.29, 1.82) is 5.26 Å². The van der Waals surface area contributed by atoms with Crippen molar-refractivity contribution in [2.45, 2.75) is 13.5 Å². The fraction of sp³-hybridized carbons (Fsp3) is 0.0952. The number of nitrogens with one attached hydrogen (secondary N) is 2. The van der Waals surface area contributed by atoms with E-state index in [1.807, 2.05) is 6.07 Å². The van der Waals surface area contributed by atoms with E-state index in [1.165, 1.54) is 5.56 Å². The van der Waals surface area contributed by atoms with Crippen LogP contribution in [0.25, 0.3) is 0 Å². The molecule has 0 radical (unpaired) electrons. The molecule has 0 aliphatic heterocycles. The Morgan fingerprint density at radius 1 is 1.12 bits per heavy atom. The summed E-state index contributed by atoms with van der Waals surface area (Å²) in [4.78, 5) is 16.6. The third-order valence-electron chi connectivity index (χ3n) is 3.91. The summed E-state index contributed by atoms with van der Waals surface area (Å²) < 4.78 is 0. The zero-order valence-corrected chi connectivity index (χ0v) is 14.4. The molecule has 0 bridgehead atoms. The van der Waals surface area contributed by atoms with E-state index in [0.29, 0.717) is 17.8 Å². The standard InChI is InChI=1S/C21H18N4O/c1-15-6-8-16(9-7-15)14-24-18-10-11-23-20(12-18)21(26)25-19-5-3-2-4-17(19)13-22/h2-12H,14H2,1H3,(H,23,24)(H,25,26). The zero-order chi connectivity index (χ0) is 18.4. The highest BCUT2D eigenvalue weighted by atomic mass is 16.1. The second-order valence-electron chi connectivity index (χ2n) is 5.88. The average molecular weight is 342 g/mol. The van der Waals surface area contributed by atoms with E-state index in [1.54, 1.807) is 36.5 Å². The lowest BCUT2D eigenvalue weighted by molar-refractivity contribution is 0.102. The van der Waals surface area contributed by atoms with Crippen LogP contribution in [0.3, 0.4) is 0 Å². The molecule has 3 rings (SSSR count). The first-order chi connectivity index (χ1) is 12.7. The molecular weight excluding hydrogens is 324 g/mol. The van der Waals surface area contributed by atoms with Gasteiger partial charge in [-0.15, -0.1) is 0 Å². The van der Waals surface area contributed by atoms with E-state index in [-0.39, 0.29) is 11.6 Å². The molecule has 1 amide bonds. The van der Waals surface area contributed by atoms with Gasteiger partial charge in [-0.1, -0.05) is 42.0 Å². The number of aryl methyl sites for hydroxylation is 1. The second-order valence-corrected chi connectivity index (χ2v) is 5.88. The van der Waals surface area contributed by atoms with Gasteiger partial charge in [0.15, 0.2) is 0 Å². The van der Waals surface area contributed by atoms with Crippen LogP contribution in [0.1, 0.15) is 27.2 Å². The first-order valence-electron chi connectivity index (χ1n) is 8.21. The van der Waals surface area contributed by atoms with Gasteiger partial charge in [0.2, 0.25) is 0 Å². The van der Waals surface area contributed by atoms with Gasteiger partial charge in [0.1, 0.15) is 11.8 Å². The number of para-hydroxylation sites is 1. The molecule has 128 valence electrons. The molecule has 5 heteroatoms. The Morgan fingerprint density at radius 2 is 1.88 bits per heavy atom. The Balaban J connectivity index is 1.69. The van der Waals surface area contributed by atoms with Gasteiger partial charge in [-0.25, -0.2) is 0 Å². The maximum Gasteiger partial charge on any atom is 0.274 e. The van der Waals surface area contributed by atoms with Gasteiger partial charge in [-0.3, -0.25) is 9.78 Å². The monoisotopic (exact) mass is 342 g/mol. The Morgan fingerprint density at radius 3 is 2.65 bits per heavy atom. The van der Waals surface area contributed by atoms with Gasteiger partial charge in [0.05, 0.1) is 11.3 Å². The summed E-state index contributed by atoms with van der Waals surface area (Å²) in [7, 11) is 0. The van der Waals surface area contributed by atoms with Crippen molar-refractivity contribution in [3.05, 3.63) is 89.2 Å². The van der Waals surface area contributed by atoms with Crippen molar-refractivity contribution < 1.29 is 4.79 Å². The van der Waals surface area contributed by atoms with Crippen molar-refractivity contribution in [3.63, 3.8) is 0 Å². The maximum absolute atomic E-state index is 12.4. The number of nitriles is 1. The molecule has 26 heavy (non-hydrogen) atoms. The number of carbonyl (C=O) groups is 1. The van der Waals surface area contributed by atoms with Crippen LogP contribution in [0.2, 0.25) is 0 Å². The molecule has 0 fully saturated rings.